The van der Waals surface area contributed by atoms with Gasteiger partial charge in [-0.1, -0.05) is 30.0 Å². The van der Waals surface area contributed by atoms with Crippen LogP contribution >= 0.6 is 23.1 Å². The number of anilines is 2. The summed E-state index contributed by atoms with van der Waals surface area (Å²) < 4.78 is 27.8. The lowest BCUT2D eigenvalue weighted by Crippen LogP contribution is -2.24. The number of nitrogens with one attached hydrogen (secondary N) is 2. The molecule has 0 spiro atoms. The maximum Gasteiger partial charge on any atom is 0.264 e. The Bertz CT molecular complexity index is 1070. The zero-order chi connectivity index (χ0) is 20.9. The monoisotopic (exact) mass is 450 g/mol. The molecule has 0 fully saturated rings. The van der Waals surface area contributed by atoms with Gasteiger partial charge in [-0.2, -0.15) is 0 Å². The predicted molar refractivity (Wildman–Crippen MR) is 112 cm³/mol. The maximum absolute atomic E-state index is 12.6. The summed E-state index contributed by atoms with van der Waals surface area (Å²) in [5.41, 5.74) is 0.498. The number of aryl methyl sites for hydroxylation is 1. The van der Waals surface area contributed by atoms with Gasteiger partial charge >= 0.3 is 0 Å². The molecule has 0 radical (unpaired) electrons. The minimum absolute atomic E-state index is 0.0143. The molecule has 1 amide bonds. The third-order valence-electron chi connectivity index (χ3n) is 3.64. The van der Waals surface area contributed by atoms with Gasteiger partial charge in [0.2, 0.25) is 11.9 Å². The number of sulfonamides is 1. The summed E-state index contributed by atoms with van der Waals surface area (Å²) in [5, 5.41) is 11.3. The van der Waals surface area contributed by atoms with Gasteiger partial charge in [0, 0.05) is 18.1 Å². The average Bonchev–Trinajstić information content (AvgIpc) is 3.11. The molecule has 2 N–H and O–H groups in total. The van der Waals surface area contributed by atoms with Gasteiger partial charge in [-0.15, -0.1) is 10.2 Å². The third kappa shape index (κ3) is 5.71. The molecule has 1 aromatic carbocycles. The summed E-state index contributed by atoms with van der Waals surface area (Å²) in [4.78, 5) is 20.3. The second kappa shape index (κ2) is 9.29. The molecule has 0 bridgehead atoms. The number of carbonyl (C=O) groups excluding carboxylic acids is 1. The van der Waals surface area contributed by atoms with Gasteiger partial charge in [-0.25, -0.2) is 23.1 Å². The molecule has 3 aromatic rings. The van der Waals surface area contributed by atoms with E-state index in [2.05, 4.69) is 30.2 Å². The fourth-order valence-electron chi connectivity index (χ4n) is 2.24. The normalized spacial score (nSPS) is 12.3. The SMILES string of the molecule is CCC(Sc1nnc(C)s1)C(=O)Nc1ccc(S(=O)(=O)Nc2ncccn2)cc1. The van der Waals surface area contributed by atoms with E-state index in [9.17, 15) is 13.2 Å². The highest BCUT2D eigenvalue weighted by Crippen LogP contribution is 2.29. The van der Waals surface area contributed by atoms with Gasteiger partial charge < -0.3 is 5.32 Å². The first kappa shape index (κ1) is 21.1. The lowest BCUT2D eigenvalue weighted by molar-refractivity contribution is -0.115. The van der Waals surface area contributed by atoms with Crippen LogP contribution in [-0.4, -0.2) is 39.7 Å². The van der Waals surface area contributed by atoms with Crippen molar-refractivity contribution in [2.45, 2.75) is 34.8 Å². The topological polar surface area (TPSA) is 127 Å². The Morgan fingerprint density at radius 2 is 1.86 bits per heavy atom. The zero-order valence-electron chi connectivity index (χ0n) is 15.6. The van der Waals surface area contributed by atoms with Crippen LogP contribution in [0.1, 0.15) is 18.4 Å². The Balaban J connectivity index is 1.65. The van der Waals surface area contributed by atoms with E-state index in [-0.39, 0.29) is 22.0 Å². The van der Waals surface area contributed by atoms with Crippen molar-refractivity contribution in [3.8, 4) is 0 Å². The van der Waals surface area contributed by atoms with E-state index in [4.69, 9.17) is 0 Å². The second-order valence-corrected chi connectivity index (χ2v) is 10.1. The van der Waals surface area contributed by atoms with Gasteiger partial charge in [0.05, 0.1) is 10.1 Å². The van der Waals surface area contributed by atoms with Gasteiger partial charge in [0.25, 0.3) is 10.0 Å². The molecule has 1 atom stereocenters. The molecular weight excluding hydrogens is 432 g/mol. The number of carbonyl (C=O) groups is 1. The van der Waals surface area contributed by atoms with E-state index in [1.807, 2.05) is 13.8 Å². The Morgan fingerprint density at radius 3 is 2.45 bits per heavy atom. The zero-order valence-corrected chi connectivity index (χ0v) is 18.0. The van der Waals surface area contributed by atoms with Crippen LogP contribution in [0.2, 0.25) is 0 Å². The first-order chi connectivity index (χ1) is 13.9. The number of hydrogen-bond acceptors (Lipinski definition) is 9. The number of hydrogen-bond donors (Lipinski definition) is 2. The Hall–Kier alpha value is -2.57. The van der Waals surface area contributed by atoms with Crippen LogP contribution in [0.25, 0.3) is 0 Å². The molecule has 2 aromatic heterocycles. The number of nitrogens with zero attached hydrogens (tertiary/aromatic N) is 4. The molecule has 0 saturated heterocycles. The molecule has 29 heavy (non-hydrogen) atoms. The van der Waals surface area contributed by atoms with E-state index in [0.29, 0.717) is 12.1 Å². The van der Waals surface area contributed by atoms with Crippen LogP contribution in [-0.2, 0) is 14.8 Å². The highest BCUT2D eigenvalue weighted by atomic mass is 32.2. The summed E-state index contributed by atoms with van der Waals surface area (Å²) in [6, 6.07) is 7.46. The molecule has 0 saturated carbocycles. The van der Waals surface area contributed by atoms with E-state index in [1.54, 1.807) is 6.07 Å². The summed E-state index contributed by atoms with van der Waals surface area (Å²) >= 11 is 2.80. The van der Waals surface area contributed by atoms with Crippen molar-refractivity contribution in [1.29, 1.82) is 0 Å². The molecule has 3 rings (SSSR count). The number of rotatable bonds is 8. The standard InChI is InChI=1S/C17H18N6O3S3/c1-3-14(28-17-22-21-11(2)27-17)15(24)20-12-5-7-13(8-6-12)29(25,26)23-16-18-9-4-10-19-16/h4-10,14H,3H2,1-2H3,(H,20,24)(H,18,19,23). The highest BCUT2D eigenvalue weighted by molar-refractivity contribution is 8.02. The van der Waals surface area contributed by atoms with Gasteiger partial charge in [0.1, 0.15) is 5.01 Å². The fourth-order valence-corrected chi connectivity index (χ4v) is 5.18. The minimum Gasteiger partial charge on any atom is -0.325 e. The van der Waals surface area contributed by atoms with E-state index in [1.165, 1.54) is 59.8 Å². The summed E-state index contributed by atoms with van der Waals surface area (Å²) in [6.45, 7) is 3.77. The van der Waals surface area contributed by atoms with Crippen LogP contribution in [0.15, 0.2) is 52.0 Å². The summed E-state index contributed by atoms with van der Waals surface area (Å²) in [5.74, 6) is -0.198. The van der Waals surface area contributed by atoms with Crippen molar-refractivity contribution in [3.63, 3.8) is 0 Å². The number of aromatic nitrogens is 4. The van der Waals surface area contributed by atoms with Crippen molar-refractivity contribution in [2.75, 3.05) is 10.0 Å². The first-order valence-electron chi connectivity index (χ1n) is 8.55. The first-order valence-corrected chi connectivity index (χ1v) is 11.7. The molecule has 1 unspecified atom stereocenters. The van der Waals surface area contributed by atoms with Crippen LogP contribution < -0.4 is 10.0 Å². The lowest BCUT2D eigenvalue weighted by atomic mass is 10.3. The van der Waals surface area contributed by atoms with Crippen molar-refractivity contribution >= 4 is 50.7 Å². The molecule has 0 aliphatic heterocycles. The molecule has 2 heterocycles. The van der Waals surface area contributed by atoms with Crippen molar-refractivity contribution in [2.24, 2.45) is 0 Å². The average molecular weight is 451 g/mol. The molecule has 152 valence electrons. The van der Waals surface area contributed by atoms with E-state index in [0.717, 1.165) is 9.35 Å². The Morgan fingerprint density at radius 1 is 1.17 bits per heavy atom. The minimum atomic E-state index is -3.82. The van der Waals surface area contributed by atoms with Crippen molar-refractivity contribution in [3.05, 3.63) is 47.7 Å². The summed E-state index contributed by atoms with van der Waals surface area (Å²) in [6.07, 6.45) is 3.49. The van der Waals surface area contributed by atoms with Crippen LogP contribution in [0.3, 0.4) is 0 Å². The molecule has 0 aliphatic rings. The van der Waals surface area contributed by atoms with Gasteiger partial charge in [-0.3, -0.25) is 4.79 Å². The van der Waals surface area contributed by atoms with Gasteiger partial charge in [0.15, 0.2) is 4.34 Å². The van der Waals surface area contributed by atoms with Crippen molar-refractivity contribution < 1.29 is 13.2 Å². The lowest BCUT2D eigenvalue weighted by Gasteiger charge is -2.13. The number of thioether (sulfide) groups is 1. The smallest absolute Gasteiger partial charge is 0.264 e. The molecular formula is C17H18N6O3S3. The van der Waals surface area contributed by atoms with Gasteiger partial charge in [-0.05, 0) is 43.7 Å². The third-order valence-corrected chi connectivity index (χ3v) is 7.27. The highest BCUT2D eigenvalue weighted by Gasteiger charge is 2.21. The summed E-state index contributed by atoms with van der Waals surface area (Å²) in [7, 11) is -3.82. The number of amides is 1. The largest absolute Gasteiger partial charge is 0.325 e. The van der Waals surface area contributed by atoms with E-state index < -0.39 is 10.0 Å². The Labute approximate surface area is 176 Å². The van der Waals surface area contributed by atoms with Crippen LogP contribution in [0.4, 0.5) is 11.6 Å². The predicted octanol–water partition coefficient (Wildman–Crippen LogP) is 2.95. The second-order valence-electron chi connectivity index (χ2n) is 5.79. The number of benzene rings is 1. The van der Waals surface area contributed by atoms with E-state index >= 15 is 0 Å². The fraction of sp³-hybridized carbons (Fsp3) is 0.235. The molecule has 9 nitrogen and oxygen atoms in total. The molecule has 0 aliphatic carbocycles. The van der Waals surface area contributed by atoms with Crippen LogP contribution in [0.5, 0.6) is 0 Å². The maximum atomic E-state index is 12.6. The van der Waals surface area contributed by atoms with Crippen LogP contribution in [0, 0.1) is 6.92 Å². The molecule has 12 heteroatoms. The Kier molecular flexibility index (Phi) is 6.77. The quantitative estimate of drug-likeness (QED) is 0.502. The van der Waals surface area contributed by atoms with Crippen molar-refractivity contribution in [1.82, 2.24) is 20.2 Å².